The normalized spacial score (nSPS) is 31.7. The molecule has 0 radical (unpaired) electrons. The third-order valence-electron chi connectivity index (χ3n) is 9.86. The van der Waals surface area contributed by atoms with Gasteiger partial charge in [0.2, 0.25) is 5.91 Å². The fourth-order valence-corrected chi connectivity index (χ4v) is 6.94. The van der Waals surface area contributed by atoms with Crippen molar-refractivity contribution in [2.45, 2.75) is 56.6 Å². The van der Waals surface area contributed by atoms with Gasteiger partial charge in [0.05, 0.1) is 24.9 Å². The lowest BCUT2D eigenvalue weighted by Crippen LogP contribution is -2.60. The number of aromatic nitrogens is 1. The number of benzene rings is 1. The largest absolute Gasteiger partial charge is 0.389 e. The number of nitrogens with one attached hydrogen (secondary N) is 1. The van der Waals surface area contributed by atoms with Crippen LogP contribution < -0.4 is 10.2 Å². The second-order valence-corrected chi connectivity index (χ2v) is 12.2. The van der Waals surface area contributed by atoms with Crippen molar-refractivity contribution < 1.29 is 19.4 Å². The third-order valence-corrected chi connectivity index (χ3v) is 9.86. The highest BCUT2D eigenvalue weighted by Crippen LogP contribution is 2.59. The van der Waals surface area contributed by atoms with E-state index in [1.165, 1.54) is 24.1 Å². The van der Waals surface area contributed by atoms with Crippen LogP contribution in [-0.2, 0) is 14.3 Å². The van der Waals surface area contributed by atoms with Crippen LogP contribution in [0, 0.1) is 11.3 Å². The number of nitrogens with zero attached hydrogens (tertiary/aromatic N) is 3. The molecule has 198 valence electrons. The highest BCUT2D eigenvalue weighted by molar-refractivity contribution is 5.97. The Hall–Kier alpha value is -2.26. The Morgan fingerprint density at radius 1 is 1.08 bits per heavy atom. The Balaban J connectivity index is 1.10. The lowest BCUT2D eigenvalue weighted by Gasteiger charge is -2.45. The van der Waals surface area contributed by atoms with Gasteiger partial charge >= 0.3 is 0 Å². The Morgan fingerprint density at radius 2 is 1.86 bits per heavy atom. The molecule has 2 N–H and O–H groups in total. The minimum atomic E-state index is -0.431. The molecule has 8 heteroatoms. The smallest absolute Gasteiger partial charge is 0.229 e. The Bertz CT molecular complexity index is 1200. The first kappa shape index (κ1) is 23.8. The van der Waals surface area contributed by atoms with Gasteiger partial charge in [0.1, 0.15) is 5.82 Å². The molecule has 37 heavy (non-hydrogen) atoms. The van der Waals surface area contributed by atoms with E-state index in [9.17, 15) is 9.90 Å². The van der Waals surface area contributed by atoms with E-state index in [1.54, 1.807) is 0 Å². The second kappa shape index (κ2) is 8.90. The zero-order valence-electron chi connectivity index (χ0n) is 21.7. The molecule has 2 aromatic rings. The van der Waals surface area contributed by atoms with E-state index in [2.05, 4.69) is 39.2 Å². The molecular weight excluding hydrogens is 468 g/mol. The maximum absolute atomic E-state index is 13.0. The van der Waals surface area contributed by atoms with Crippen LogP contribution in [0.1, 0.15) is 50.5 Å². The molecule has 1 aromatic carbocycles. The molecular formula is C29H38N4O4. The topological polar surface area (TPSA) is 87.2 Å². The molecule has 5 aliphatic rings. The number of pyridine rings is 1. The quantitative estimate of drug-likeness (QED) is 0.644. The van der Waals surface area contributed by atoms with Crippen LogP contribution in [0.25, 0.3) is 10.8 Å². The summed E-state index contributed by atoms with van der Waals surface area (Å²) < 4.78 is 11.1. The molecule has 2 aliphatic carbocycles. The maximum atomic E-state index is 13.0. The fraction of sp³-hybridized carbons (Fsp3) is 0.655. The molecule has 1 aromatic heterocycles. The SMILES string of the molecule is C[C@]1(N2CCN(c3cc4cc(NC(=O)C5CC56CCOCC6)ncc4cc3C3CC3)CC2)COC[C@H]1O. The minimum Gasteiger partial charge on any atom is -0.389 e. The van der Waals surface area contributed by atoms with Crippen LogP contribution in [0.4, 0.5) is 11.5 Å². The summed E-state index contributed by atoms with van der Waals surface area (Å²) in [6, 6.07) is 6.67. The highest BCUT2D eigenvalue weighted by Gasteiger charge is 2.58. The van der Waals surface area contributed by atoms with Crippen molar-refractivity contribution in [3.63, 3.8) is 0 Å². The van der Waals surface area contributed by atoms with Gasteiger partial charge in [0, 0.05) is 62.6 Å². The zero-order valence-corrected chi connectivity index (χ0v) is 21.7. The van der Waals surface area contributed by atoms with E-state index < -0.39 is 6.10 Å². The monoisotopic (exact) mass is 506 g/mol. The first-order valence-electron chi connectivity index (χ1n) is 14.0. The number of fused-ring (bicyclic) bond motifs is 1. The molecule has 4 heterocycles. The molecule has 7 rings (SSSR count). The maximum Gasteiger partial charge on any atom is 0.229 e. The molecule has 3 saturated heterocycles. The summed E-state index contributed by atoms with van der Waals surface area (Å²) in [5, 5.41) is 15.9. The molecule has 1 unspecified atom stereocenters. The van der Waals surface area contributed by atoms with Gasteiger partial charge < -0.3 is 24.8 Å². The summed E-state index contributed by atoms with van der Waals surface area (Å²) >= 11 is 0. The number of hydrogen-bond acceptors (Lipinski definition) is 7. The molecule has 3 atom stereocenters. The van der Waals surface area contributed by atoms with Crippen LogP contribution in [0.15, 0.2) is 24.4 Å². The molecule has 2 saturated carbocycles. The van der Waals surface area contributed by atoms with Crippen LogP contribution in [0.5, 0.6) is 0 Å². The summed E-state index contributed by atoms with van der Waals surface area (Å²) in [7, 11) is 0. The predicted molar refractivity (Wildman–Crippen MR) is 142 cm³/mol. The Kier molecular flexibility index (Phi) is 5.73. The van der Waals surface area contributed by atoms with Crippen molar-refractivity contribution >= 4 is 28.2 Å². The molecule has 8 nitrogen and oxygen atoms in total. The fourth-order valence-electron chi connectivity index (χ4n) is 6.94. The molecule has 1 spiro atoms. The Morgan fingerprint density at radius 3 is 2.57 bits per heavy atom. The van der Waals surface area contributed by atoms with Gasteiger partial charge in [-0.15, -0.1) is 0 Å². The summed E-state index contributed by atoms with van der Waals surface area (Å²) in [5.41, 5.74) is 2.60. The lowest BCUT2D eigenvalue weighted by molar-refractivity contribution is -0.118. The summed E-state index contributed by atoms with van der Waals surface area (Å²) in [5.74, 6) is 1.46. The van der Waals surface area contributed by atoms with Crippen molar-refractivity contribution in [1.29, 1.82) is 0 Å². The van der Waals surface area contributed by atoms with Crippen molar-refractivity contribution in [1.82, 2.24) is 9.88 Å². The van der Waals surface area contributed by atoms with Gasteiger partial charge in [-0.05, 0) is 79.5 Å². The van der Waals surface area contributed by atoms with Crippen LogP contribution in [0.2, 0.25) is 0 Å². The minimum absolute atomic E-state index is 0.0867. The van der Waals surface area contributed by atoms with Gasteiger partial charge in [-0.2, -0.15) is 0 Å². The number of amides is 1. The van der Waals surface area contributed by atoms with Crippen LogP contribution in [0.3, 0.4) is 0 Å². The van der Waals surface area contributed by atoms with Crippen LogP contribution >= 0.6 is 0 Å². The molecule has 3 aliphatic heterocycles. The number of ether oxygens (including phenoxy) is 2. The molecule has 5 fully saturated rings. The van der Waals surface area contributed by atoms with E-state index in [0.29, 0.717) is 24.9 Å². The van der Waals surface area contributed by atoms with Crippen molar-refractivity contribution in [2.75, 3.05) is 62.8 Å². The number of carbonyl (C=O) groups is 1. The first-order chi connectivity index (χ1) is 18.0. The summed E-state index contributed by atoms with van der Waals surface area (Å²) in [6.45, 7) is 8.35. The number of aliphatic hydroxyl groups is 1. The zero-order chi connectivity index (χ0) is 25.2. The van der Waals surface area contributed by atoms with E-state index >= 15 is 0 Å². The van der Waals surface area contributed by atoms with Gasteiger partial charge in [-0.25, -0.2) is 4.98 Å². The highest BCUT2D eigenvalue weighted by atomic mass is 16.5. The number of piperazine rings is 1. The number of anilines is 2. The lowest BCUT2D eigenvalue weighted by atomic mass is 9.93. The van der Waals surface area contributed by atoms with Crippen molar-refractivity contribution in [3.05, 3.63) is 30.0 Å². The number of hydrogen-bond donors (Lipinski definition) is 2. The predicted octanol–water partition coefficient (Wildman–Crippen LogP) is 3.14. The van der Waals surface area contributed by atoms with Crippen LogP contribution in [-0.4, -0.2) is 85.1 Å². The molecule has 1 amide bonds. The van der Waals surface area contributed by atoms with Gasteiger partial charge in [-0.1, -0.05) is 0 Å². The van der Waals surface area contributed by atoms with E-state index in [0.717, 1.165) is 69.4 Å². The second-order valence-electron chi connectivity index (χ2n) is 12.2. The first-order valence-corrected chi connectivity index (χ1v) is 14.0. The number of rotatable bonds is 5. The number of carbonyl (C=O) groups excluding carboxylic acids is 1. The average Bonchev–Trinajstić information content (AvgIpc) is 3.84. The van der Waals surface area contributed by atoms with E-state index in [4.69, 9.17) is 9.47 Å². The molecule has 0 bridgehead atoms. The van der Waals surface area contributed by atoms with Crippen molar-refractivity contribution in [2.24, 2.45) is 11.3 Å². The van der Waals surface area contributed by atoms with Gasteiger partial charge in [0.25, 0.3) is 0 Å². The summed E-state index contributed by atoms with van der Waals surface area (Å²) in [4.78, 5) is 22.5. The van der Waals surface area contributed by atoms with E-state index in [1.807, 2.05) is 12.3 Å². The average molecular weight is 507 g/mol. The van der Waals surface area contributed by atoms with Gasteiger partial charge in [0.15, 0.2) is 0 Å². The Labute approximate surface area is 218 Å². The van der Waals surface area contributed by atoms with Gasteiger partial charge in [-0.3, -0.25) is 9.69 Å². The summed E-state index contributed by atoms with van der Waals surface area (Å²) in [6.07, 6.45) is 6.92. The third kappa shape index (κ3) is 4.22. The van der Waals surface area contributed by atoms with E-state index in [-0.39, 0.29) is 22.8 Å². The van der Waals surface area contributed by atoms with Crippen molar-refractivity contribution in [3.8, 4) is 0 Å². The standard InChI is InChI=1S/C29H38N4O4/c1-28(18-37-17-25(28)34)33-8-6-32(7-9-33)24-13-20-14-26(30-16-21(20)12-22(24)19-2-3-19)31-27(35)23-15-29(23)4-10-36-11-5-29/h12-14,16,19,23,25,34H,2-11,15,17-18H2,1H3,(H,30,31,35)/t23?,25-,28+/m1/s1. The number of aliphatic hydroxyl groups excluding tert-OH is 1.